The fraction of sp³-hybridized carbons (Fsp3) is 0.0909. The summed E-state index contributed by atoms with van der Waals surface area (Å²) in [5.41, 5.74) is 0.0275. The summed E-state index contributed by atoms with van der Waals surface area (Å²) >= 11 is 5.77. The monoisotopic (exact) mass is 296 g/mol. The van der Waals surface area contributed by atoms with Crippen LogP contribution in [0.5, 0.6) is 0 Å². The van der Waals surface area contributed by atoms with E-state index in [0.29, 0.717) is 10.8 Å². The van der Waals surface area contributed by atoms with Gasteiger partial charge in [-0.2, -0.15) is 4.98 Å². The summed E-state index contributed by atoms with van der Waals surface area (Å²) in [5.74, 6) is -0.875. The Morgan fingerprint density at radius 1 is 1.40 bits per heavy atom. The molecule has 0 aliphatic heterocycles. The van der Waals surface area contributed by atoms with E-state index >= 15 is 0 Å². The van der Waals surface area contributed by atoms with Crippen molar-refractivity contribution in [3.63, 3.8) is 0 Å². The number of benzene rings is 1. The predicted octanol–water partition coefficient (Wildman–Crippen LogP) is 1.74. The molecule has 9 heteroatoms. The van der Waals surface area contributed by atoms with Gasteiger partial charge in [0.05, 0.1) is 17.8 Å². The molecule has 0 saturated carbocycles. The van der Waals surface area contributed by atoms with Crippen molar-refractivity contribution in [3.8, 4) is 0 Å². The second-order valence-electron chi connectivity index (χ2n) is 3.65. The Bertz CT molecular complexity index is 629. The molecule has 2 aromatic rings. The Balaban J connectivity index is 2.03. The first-order chi connectivity index (χ1) is 9.56. The largest absolute Gasteiger partial charge is 0.478 e. The highest BCUT2D eigenvalue weighted by molar-refractivity contribution is 6.31. The first kappa shape index (κ1) is 13.8. The smallest absolute Gasteiger partial charge is 0.337 e. The topological polar surface area (TPSA) is 117 Å². The Morgan fingerprint density at radius 3 is 2.85 bits per heavy atom. The molecule has 0 saturated heterocycles. The number of amides is 2. The van der Waals surface area contributed by atoms with Crippen molar-refractivity contribution in [1.82, 2.24) is 15.5 Å². The Labute approximate surface area is 117 Å². The van der Waals surface area contributed by atoms with Crippen molar-refractivity contribution in [2.75, 3.05) is 5.32 Å². The Morgan fingerprint density at radius 2 is 2.20 bits per heavy atom. The van der Waals surface area contributed by atoms with Gasteiger partial charge in [0.15, 0.2) is 5.82 Å². The highest BCUT2D eigenvalue weighted by Gasteiger charge is 2.13. The lowest BCUT2D eigenvalue weighted by Gasteiger charge is -2.09. The van der Waals surface area contributed by atoms with E-state index in [1.165, 1.54) is 18.2 Å². The van der Waals surface area contributed by atoms with E-state index in [4.69, 9.17) is 16.7 Å². The maximum Gasteiger partial charge on any atom is 0.337 e. The molecular formula is C11H9ClN4O4. The van der Waals surface area contributed by atoms with E-state index in [9.17, 15) is 9.59 Å². The van der Waals surface area contributed by atoms with Crippen molar-refractivity contribution < 1.29 is 19.2 Å². The van der Waals surface area contributed by atoms with Gasteiger partial charge in [-0.15, -0.1) is 0 Å². The zero-order chi connectivity index (χ0) is 14.5. The molecular weight excluding hydrogens is 288 g/mol. The number of carboxylic acid groups (broad SMARTS) is 1. The molecule has 0 spiro atoms. The summed E-state index contributed by atoms with van der Waals surface area (Å²) in [6.45, 7) is 0.0469. The predicted molar refractivity (Wildman–Crippen MR) is 68.6 cm³/mol. The summed E-state index contributed by atoms with van der Waals surface area (Å²) in [6, 6.07) is 3.46. The third kappa shape index (κ3) is 3.45. The van der Waals surface area contributed by atoms with Gasteiger partial charge >= 0.3 is 12.0 Å². The van der Waals surface area contributed by atoms with Crippen LogP contribution in [-0.2, 0) is 6.54 Å². The molecule has 20 heavy (non-hydrogen) atoms. The van der Waals surface area contributed by atoms with Crippen LogP contribution in [0.15, 0.2) is 29.1 Å². The molecule has 104 valence electrons. The van der Waals surface area contributed by atoms with Crippen molar-refractivity contribution in [1.29, 1.82) is 0 Å². The number of carbonyl (C=O) groups excluding carboxylic acids is 1. The van der Waals surface area contributed by atoms with Crippen LogP contribution >= 0.6 is 11.6 Å². The fourth-order valence-corrected chi connectivity index (χ4v) is 1.57. The number of carboxylic acids is 1. The van der Waals surface area contributed by atoms with E-state index in [2.05, 4.69) is 25.3 Å². The lowest BCUT2D eigenvalue weighted by Crippen LogP contribution is -2.29. The molecule has 3 N–H and O–H groups in total. The van der Waals surface area contributed by atoms with Crippen LogP contribution in [0.4, 0.5) is 10.5 Å². The zero-order valence-corrected chi connectivity index (χ0v) is 10.7. The quantitative estimate of drug-likeness (QED) is 0.791. The van der Waals surface area contributed by atoms with Gasteiger partial charge < -0.3 is 20.3 Å². The van der Waals surface area contributed by atoms with E-state index in [1.54, 1.807) is 0 Å². The maximum atomic E-state index is 11.6. The third-order valence-electron chi connectivity index (χ3n) is 2.27. The number of urea groups is 1. The molecule has 1 aromatic heterocycles. The molecule has 0 radical (unpaired) electrons. The van der Waals surface area contributed by atoms with Crippen LogP contribution in [0.1, 0.15) is 16.2 Å². The van der Waals surface area contributed by atoms with Crippen LogP contribution in [0.25, 0.3) is 0 Å². The number of aromatic carboxylic acids is 1. The molecule has 0 fully saturated rings. The van der Waals surface area contributed by atoms with Gasteiger partial charge in [0.1, 0.15) is 0 Å². The second-order valence-corrected chi connectivity index (χ2v) is 4.09. The highest BCUT2D eigenvalue weighted by Crippen LogP contribution is 2.21. The van der Waals surface area contributed by atoms with E-state index < -0.39 is 12.0 Å². The molecule has 0 bridgehead atoms. The molecule has 0 atom stereocenters. The molecule has 0 unspecified atom stereocenters. The molecule has 2 rings (SSSR count). The second kappa shape index (κ2) is 6.02. The number of halogens is 1. The van der Waals surface area contributed by atoms with Gasteiger partial charge in [-0.1, -0.05) is 16.8 Å². The van der Waals surface area contributed by atoms with Gasteiger partial charge in [-0.05, 0) is 18.2 Å². The maximum absolute atomic E-state index is 11.6. The number of nitrogens with zero attached hydrogens (tertiary/aromatic N) is 2. The Hall–Kier alpha value is -2.61. The van der Waals surface area contributed by atoms with Gasteiger partial charge in [-0.3, -0.25) is 0 Å². The summed E-state index contributed by atoms with van der Waals surface area (Å²) in [7, 11) is 0. The SMILES string of the molecule is O=C(NCc1ncon1)Nc1cc(Cl)ccc1C(=O)O. The molecule has 8 nitrogen and oxygen atoms in total. The number of hydrogen-bond acceptors (Lipinski definition) is 5. The van der Waals surface area contributed by atoms with Gasteiger partial charge in [0, 0.05) is 5.02 Å². The van der Waals surface area contributed by atoms with Crippen LogP contribution in [0.3, 0.4) is 0 Å². The van der Waals surface area contributed by atoms with Crippen LogP contribution in [-0.4, -0.2) is 27.2 Å². The number of rotatable bonds is 4. The van der Waals surface area contributed by atoms with Gasteiger partial charge in [0.2, 0.25) is 6.39 Å². The van der Waals surface area contributed by atoms with Crippen molar-refractivity contribution in [3.05, 3.63) is 41.0 Å². The van der Waals surface area contributed by atoms with E-state index in [0.717, 1.165) is 6.39 Å². The number of hydrogen-bond donors (Lipinski definition) is 3. The molecule has 2 amide bonds. The van der Waals surface area contributed by atoms with Gasteiger partial charge in [0.25, 0.3) is 0 Å². The average molecular weight is 297 g/mol. The zero-order valence-electron chi connectivity index (χ0n) is 9.96. The molecule has 1 aromatic carbocycles. The summed E-state index contributed by atoms with van der Waals surface area (Å²) in [6.07, 6.45) is 1.13. The van der Waals surface area contributed by atoms with E-state index in [1.807, 2.05) is 0 Å². The number of aromatic nitrogens is 2. The summed E-state index contributed by atoms with van der Waals surface area (Å²) < 4.78 is 4.50. The number of anilines is 1. The summed E-state index contributed by atoms with van der Waals surface area (Å²) in [4.78, 5) is 26.4. The lowest BCUT2D eigenvalue weighted by molar-refractivity contribution is 0.0698. The van der Waals surface area contributed by atoms with Crippen molar-refractivity contribution >= 4 is 29.3 Å². The highest BCUT2D eigenvalue weighted by atomic mass is 35.5. The van der Waals surface area contributed by atoms with Crippen LogP contribution in [0.2, 0.25) is 5.02 Å². The van der Waals surface area contributed by atoms with Gasteiger partial charge in [-0.25, -0.2) is 9.59 Å². The van der Waals surface area contributed by atoms with Crippen molar-refractivity contribution in [2.24, 2.45) is 0 Å². The summed E-state index contributed by atoms with van der Waals surface area (Å²) in [5, 5.41) is 17.7. The normalized spacial score (nSPS) is 10.1. The van der Waals surface area contributed by atoms with E-state index in [-0.39, 0.29) is 17.8 Å². The number of carbonyl (C=O) groups is 2. The minimum absolute atomic E-state index is 0.0469. The molecule has 0 aliphatic carbocycles. The molecule has 0 aliphatic rings. The fourth-order valence-electron chi connectivity index (χ4n) is 1.40. The average Bonchev–Trinajstić information content (AvgIpc) is 2.89. The first-order valence-electron chi connectivity index (χ1n) is 5.39. The Kier molecular flexibility index (Phi) is 4.16. The lowest BCUT2D eigenvalue weighted by atomic mass is 10.2. The number of nitrogens with one attached hydrogen (secondary N) is 2. The first-order valence-corrected chi connectivity index (χ1v) is 5.77. The minimum atomic E-state index is -1.17. The molecule has 1 heterocycles. The van der Waals surface area contributed by atoms with Crippen LogP contribution < -0.4 is 10.6 Å². The standard InChI is InChI=1S/C11H9ClN4O4/c12-6-1-2-7(10(17)18)8(3-6)15-11(19)13-4-9-14-5-20-16-9/h1-3,5H,4H2,(H,17,18)(H2,13,15,19). The van der Waals surface area contributed by atoms with Crippen molar-refractivity contribution in [2.45, 2.75) is 6.54 Å². The minimum Gasteiger partial charge on any atom is -0.478 e. The third-order valence-corrected chi connectivity index (χ3v) is 2.51. The van der Waals surface area contributed by atoms with Crippen LogP contribution in [0, 0.1) is 0 Å².